The van der Waals surface area contributed by atoms with Crippen LogP contribution in [0.3, 0.4) is 0 Å². The van der Waals surface area contributed by atoms with Gasteiger partial charge in [0, 0.05) is 19.3 Å². The van der Waals surface area contributed by atoms with E-state index >= 15 is 0 Å². The highest BCUT2D eigenvalue weighted by Gasteiger charge is 2.11. The van der Waals surface area contributed by atoms with Gasteiger partial charge in [-0.25, -0.2) is 0 Å². The topological polar surface area (TPSA) is 52.7 Å². The van der Waals surface area contributed by atoms with Gasteiger partial charge in [-0.05, 0) is 32.9 Å². The Balaban J connectivity index is 2.24. The van der Waals surface area contributed by atoms with Crippen LogP contribution >= 0.6 is 11.6 Å². The molecule has 0 atom stereocenters. The van der Waals surface area contributed by atoms with E-state index in [1.54, 1.807) is 27.8 Å². The molecule has 20 heavy (non-hydrogen) atoms. The summed E-state index contributed by atoms with van der Waals surface area (Å²) in [6.45, 7) is 7.23. The van der Waals surface area contributed by atoms with Crippen LogP contribution in [-0.2, 0) is 13.1 Å². The van der Waals surface area contributed by atoms with E-state index in [1.807, 2.05) is 20.8 Å². The average Bonchev–Trinajstić information content (AvgIpc) is 2.99. The first-order valence-corrected chi connectivity index (χ1v) is 6.92. The lowest BCUT2D eigenvalue weighted by molar-refractivity contribution is 0.104. The Morgan fingerprint density at radius 1 is 1.40 bits per heavy atom. The summed E-state index contributed by atoms with van der Waals surface area (Å²) in [5.74, 6) is -0.0814. The molecule has 0 N–H and O–H groups in total. The molecule has 0 saturated carbocycles. The van der Waals surface area contributed by atoms with E-state index < -0.39 is 0 Å². The fraction of sp³-hybridized carbons (Fsp3) is 0.357. The van der Waals surface area contributed by atoms with Crippen LogP contribution in [-0.4, -0.2) is 25.3 Å². The summed E-state index contributed by atoms with van der Waals surface area (Å²) >= 11 is 6.05. The zero-order valence-corrected chi connectivity index (χ0v) is 12.6. The highest BCUT2D eigenvalue weighted by atomic mass is 35.5. The number of rotatable bonds is 5. The largest absolute Gasteiger partial charge is 0.289 e. The smallest absolute Gasteiger partial charge is 0.189 e. The Morgan fingerprint density at radius 2 is 2.15 bits per heavy atom. The minimum atomic E-state index is -0.0814. The molecule has 6 heteroatoms. The molecule has 2 rings (SSSR count). The summed E-state index contributed by atoms with van der Waals surface area (Å²) in [4.78, 5) is 12.2. The summed E-state index contributed by atoms with van der Waals surface area (Å²) in [6, 6.07) is 0. The predicted octanol–water partition coefficient (Wildman–Crippen LogP) is 2.98. The Bertz CT molecular complexity index is 654. The molecule has 0 amide bonds. The van der Waals surface area contributed by atoms with Gasteiger partial charge in [0.15, 0.2) is 5.78 Å². The molecule has 0 unspecified atom stereocenters. The van der Waals surface area contributed by atoms with Crippen molar-refractivity contribution in [1.82, 2.24) is 19.6 Å². The molecule has 0 aliphatic heterocycles. The quantitative estimate of drug-likeness (QED) is 0.629. The number of allylic oxidation sites excluding steroid dienone is 1. The van der Waals surface area contributed by atoms with Gasteiger partial charge < -0.3 is 0 Å². The lowest BCUT2D eigenvalue weighted by Gasteiger charge is -1.99. The van der Waals surface area contributed by atoms with Crippen molar-refractivity contribution in [3.8, 4) is 0 Å². The van der Waals surface area contributed by atoms with E-state index in [0.717, 1.165) is 17.9 Å². The maximum atomic E-state index is 12.2. The number of nitrogens with zero attached hydrogens (tertiary/aromatic N) is 4. The number of hydrogen-bond donors (Lipinski definition) is 0. The first kappa shape index (κ1) is 14.5. The Labute approximate surface area is 122 Å². The second kappa shape index (κ2) is 6.05. The summed E-state index contributed by atoms with van der Waals surface area (Å²) in [5.41, 5.74) is 2.08. The van der Waals surface area contributed by atoms with Gasteiger partial charge in [-0.3, -0.25) is 14.2 Å². The van der Waals surface area contributed by atoms with Crippen molar-refractivity contribution in [1.29, 1.82) is 0 Å². The van der Waals surface area contributed by atoms with Crippen LogP contribution in [0.1, 0.15) is 35.6 Å². The normalized spacial score (nSPS) is 11.4. The summed E-state index contributed by atoms with van der Waals surface area (Å²) in [6.07, 6.45) is 6.55. The maximum absolute atomic E-state index is 12.2. The number of halogens is 1. The summed E-state index contributed by atoms with van der Waals surface area (Å²) in [5, 5.41) is 8.93. The molecule has 0 saturated heterocycles. The third-order valence-electron chi connectivity index (χ3n) is 3.06. The molecule has 0 fully saturated rings. The van der Waals surface area contributed by atoms with Crippen LogP contribution < -0.4 is 0 Å². The monoisotopic (exact) mass is 292 g/mol. The molecule has 0 aliphatic carbocycles. The number of ketones is 1. The fourth-order valence-electron chi connectivity index (χ4n) is 1.96. The van der Waals surface area contributed by atoms with Gasteiger partial charge in [-0.2, -0.15) is 10.2 Å². The van der Waals surface area contributed by atoms with Gasteiger partial charge in [0.1, 0.15) is 0 Å². The molecule has 2 heterocycles. The van der Waals surface area contributed by atoms with Crippen molar-refractivity contribution in [2.24, 2.45) is 0 Å². The first-order valence-electron chi connectivity index (χ1n) is 6.54. The van der Waals surface area contributed by atoms with E-state index in [1.165, 1.54) is 6.08 Å². The van der Waals surface area contributed by atoms with E-state index in [9.17, 15) is 4.79 Å². The van der Waals surface area contributed by atoms with Crippen molar-refractivity contribution in [3.63, 3.8) is 0 Å². The Morgan fingerprint density at radius 3 is 2.75 bits per heavy atom. The van der Waals surface area contributed by atoms with E-state index in [2.05, 4.69) is 10.2 Å². The fourth-order valence-corrected chi connectivity index (χ4v) is 2.16. The molecule has 0 bridgehead atoms. The van der Waals surface area contributed by atoms with Crippen LogP contribution in [0.15, 0.2) is 18.5 Å². The van der Waals surface area contributed by atoms with Crippen LogP contribution in [0.4, 0.5) is 0 Å². The second-order valence-electron chi connectivity index (χ2n) is 4.37. The maximum Gasteiger partial charge on any atom is 0.189 e. The molecule has 2 aromatic heterocycles. The third kappa shape index (κ3) is 2.82. The van der Waals surface area contributed by atoms with Crippen LogP contribution in [0, 0.1) is 6.92 Å². The lowest BCUT2D eigenvalue weighted by Crippen LogP contribution is -2.00. The summed E-state index contributed by atoms with van der Waals surface area (Å²) < 4.78 is 3.49. The molecule has 0 aromatic carbocycles. The number of hydrogen-bond acceptors (Lipinski definition) is 3. The van der Waals surface area contributed by atoms with E-state index in [-0.39, 0.29) is 5.78 Å². The van der Waals surface area contributed by atoms with Crippen molar-refractivity contribution in [3.05, 3.63) is 40.4 Å². The van der Waals surface area contributed by atoms with Crippen molar-refractivity contribution in [2.75, 3.05) is 0 Å². The molecule has 0 aliphatic rings. The molecule has 2 aromatic rings. The summed E-state index contributed by atoms with van der Waals surface area (Å²) in [7, 11) is 0. The SMILES string of the molecule is CCn1cc(C(=O)/C=C/c2c(Cl)cnn2CC)c(C)n1. The Hall–Kier alpha value is -1.88. The molecule has 5 nitrogen and oxygen atoms in total. The zero-order valence-electron chi connectivity index (χ0n) is 11.8. The molecular formula is C14H17ClN4O. The second-order valence-corrected chi connectivity index (χ2v) is 4.78. The van der Waals surface area contributed by atoms with Gasteiger partial charge in [-0.15, -0.1) is 0 Å². The highest BCUT2D eigenvalue weighted by Crippen LogP contribution is 2.17. The number of aryl methyl sites for hydroxylation is 3. The lowest BCUT2D eigenvalue weighted by atomic mass is 10.1. The van der Waals surface area contributed by atoms with Crippen LogP contribution in [0.2, 0.25) is 5.02 Å². The van der Waals surface area contributed by atoms with Crippen LogP contribution in [0.25, 0.3) is 6.08 Å². The van der Waals surface area contributed by atoms with Gasteiger partial charge in [0.05, 0.1) is 28.2 Å². The zero-order chi connectivity index (χ0) is 14.7. The van der Waals surface area contributed by atoms with Crippen molar-refractivity contribution >= 4 is 23.5 Å². The van der Waals surface area contributed by atoms with E-state index in [0.29, 0.717) is 17.1 Å². The van der Waals surface area contributed by atoms with Gasteiger partial charge >= 0.3 is 0 Å². The van der Waals surface area contributed by atoms with Gasteiger partial charge in [0.25, 0.3) is 0 Å². The third-order valence-corrected chi connectivity index (χ3v) is 3.35. The van der Waals surface area contributed by atoms with Gasteiger partial charge in [0.2, 0.25) is 0 Å². The number of aromatic nitrogens is 4. The number of carbonyl (C=O) groups excluding carboxylic acids is 1. The molecular weight excluding hydrogens is 276 g/mol. The minimum Gasteiger partial charge on any atom is -0.289 e. The van der Waals surface area contributed by atoms with Crippen molar-refractivity contribution < 1.29 is 4.79 Å². The minimum absolute atomic E-state index is 0.0814. The predicted molar refractivity (Wildman–Crippen MR) is 78.9 cm³/mol. The number of carbonyl (C=O) groups is 1. The Kier molecular flexibility index (Phi) is 4.39. The average molecular weight is 293 g/mol. The standard InChI is InChI=1S/C14H17ClN4O/c1-4-18-9-11(10(3)17-18)14(20)7-6-13-12(15)8-16-19(13)5-2/h6-9H,4-5H2,1-3H3/b7-6+. The first-order chi connectivity index (χ1) is 9.56. The van der Waals surface area contributed by atoms with Gasteiger partial charge in [-0.1, -0.05) is 11.6 Å². The van der Waals surface area contributed by atoms with Crippen molar-refractivity contribution in [2.45, 2.75) is 33.9 Å². The molecule has 0 spiro atoms. The highest BCUT2D eigenvalue weighted by molar-refractivity contribution is 6.31. The molecule has 0 radical (unpaired) electrons. The molecule has 106 valence electrons. The van der Waals surface area contributed by atoms with Crippen LogP contribution in [0.5, 0.6) is 0 Å². The van der Waals surface area contributed by atoms with E-state index in [4.69, 9.17) is 11.6 Å².